The van der Waals surface area contributed by atoms with E-state index >= 15 is 0 Å². The van der Waals surface area contributed by atoms with Crippen LogP contribution in [0.5, 0.6) is 0 Å². The van der Waals surface area contributed by atoms with Gasteiger partial charge in [0.15, 0.2) is 0 Å². The second-order valence-corrected chi connectivity index (χ2v) is 8.23. The predicted molar refractivity (Wildman–Crippen MR) is 110 cm³/mol. The highest BCUT2D eigenvalue weighted by Gasteiger charge is 2.52. The molecule has 156 valence electrons. The summed E-state index contributed by atoms with van der Waals surface area (Å²) in [6, 6.07) is 8.09. The van der Waals surface area contributed by atoms with E-state index in [4.69, 9.17) is 5.73 Å². The van der Waals surface area contributed by atoms with Gasteiger partial charge in [-0.25, -0.2) is 4.79 Å². The van der Waals surface area contributed by atoms with Crippen LogP contribution < -0.4 is 16.4 Å². The van der Waals surface area contributed by atoms with Gasteiger partial charge in [-0.1, -0.05) is 18.2 Å². The molecule has 0 aliphatic carbocycles. The Hall–Kier alpha value is -3.11. The molecule has 3 aliphatic rings. The molecular weight excluding hydrogens is 408 g/mol. The lowest BCUT2D eigenvalue weighted by atomic mass is 9.92. The maximum Gasteiger partial charge on any atom is 0.352 e. The molecule has 5 N–H and O–H groups in total. The Morgan fingerprint density at radius 3 is 2.63 bits per heavy atom. The second-order valence-electron chi connectivity index (χ2n) is 7.12. The summed E-state index contributed by atoms with van der Waals surface area (Å²) in [5.74, 6) is -2.21. The lowest BCUT2D eigenvalue weighted by Crippen LogP contribution is -2.68. The number of para-hydroxylation sites is 1. The molecule has 10 heteroatoms. The molecule has 2 saturated heterocycles. The molecular formula is C20H20N4O5S. The lowest BCUT2D eigenvalue weighted by Gasteiger charge is -2.48. The van der Waals surface area contributed by atoms with Crippen LogP contribution in [0.3, 0.4) is 0 Å². The fourth-order valence-corrected chi connectivity index (χ4v) is 5.17. The molecule has 0 saturated carbocycles. The van der Waals surface area contributed by atoms with E-state index in [2.05, 4.69) is 10.6 Å². The van der Waals surface area contributed by atoms with Gasteiger partial charge in [0.2, 0.25) is 17.7 Å². The SMILES string of the molecule is N[C@@H]1C(=O)N2C(C(=O)O)=C(C(CC(=O)Nc3ccccc3)=C3CCNC3=O)CS[C@H]12. The van der Waals surface area contributed by atoms with Crippen molar-refractivity contribution in [3.63, 3.8) is 0 Å². The van der Waals surface area contributed by atoms with Gasteiger partial charge in [0.05, 0.1) is 6.42 Å². The second kappa shape index (κ2) is 7.96. The van der Waals surface area contributed by atoms with Crippen LogP contribution in [0.2, 0.25) is 0 Å². The minimum Gasteiger partial charge on any atom is -0.477 e. The van der Waals surface area contributed by atoms with Crippen LogP contribution in [0, 0.1) is 0 Å². The zero-order valence-corrected chi connectivity index (χ0v) is 16.7. The summed E-state index contributed by atoms with van der Waals surface area (Å²) in [7, 11) is 0. The first kappa shape index (κ1) is 20.2. The monoisotopic (exact) mass is 428 g/mol. The van der Waals surface area contributed by atoms with Crippen LogP contribution in [0.15, 0.2) is 52.7 Å². The first-order valence-corrected chi connectivity index (χ1v) is 10.5. The molecule has 0 bridgehead atoms. The average molecular weight is 428 g/mol. The Labute approximate surface area is 176 Å². The molecule has 3 amide bonds. The number of β-lactam (4-membered cyclic amide) rings is 1. The number of aliphatic carboxylic acids is 1. The third kappa shape index (κ3) is 3.48. The minimum absolute atomic E-state index is 0.178. The maximum atomic E-state index is 12.7. The Kier molecular flexibility index (Phi) is 5.35. The van der Waals surface area contributed by atoms with Crippen LogP contribution in [-0.2, 0) is 19.2 Å². The van der Waals surface area contributed by atoms with Gasteiger partial charge in [-0.15, -0.1) is 11.8 Å². The molecule has 0 spiro atoms. The van der Waals surface area contributed by atoms with E-state index in [0.717, 1.165) is 0 Å². The molecule has 9 nitrogen and oxygen atoms in total. The predicted octanol–water partition coefficient (Wildman–Crippen LogP) is 0.413. The van der Waals surface area contributed by atoms with Gasteiger partial charge in [-0.05, 0) is 29.7 Å². The molecule has 1 aromatic carbocycles. The quantitative estimate of drug-likeness (QED) is 0.393. The maximum absolute atomic E-state index is 12.7. The molecule has 4 rings (SSSR count). The van der Waals surface area contributed by atoms with Crippen molar-refractivity contribution in [3.05, 3.63) is 52.7 Å². The Morgan fingerprint density at radius 1 is 1.27 bits per heavy atom. The third-order valence-electron chi connectivity index (χ3n) is 5.27. The Morgan fingerprint density at radius 2 is 2.00 bits per heavy atom. The Bertz CT molecular complexity index is 1000. The third-order valence-corrected chi connectivity index (χ3v) is 6.57. The molecule has 2 fully saturated rings. The summed E-state index contributed by atoms with van der Waals surface area (Å²) in [6.07, 6.45) is 0.202. The van der Waals surface area contributed by atoms with E-state index in [1.807, 2.05) is 6.07 Å². The first-order chi connectivity index (χ1) is 14.4. The fraction of sp³-hybridized carbons (Fsp3) is 0.300. The van der Waals surface area contributed by atoms with Crippen molar-refractivity contribution in [2.75, 3.05) is 17.6 Å². The number of carboxylic acids is 1. The number of carbonyl (C=O) groups excluding carboxylic acids is 3. The first-order valence-electron chi connectivity index (χ1n) is 9.40. The van der Waals surface area contributed by atoms with Gasteiger partial charge in [0.1, 0.15) is 17.1 Å². The van der Waals surface area contributed by atoms with E-state index in [0.29, 0.717) is 35.4 Å². The number of anilines is 1. The molecule has 1 aromatic rings. The van der Waals surface area contributed by atoms with E-state index in [-0.39, 0.29) is 29.7 Å². The van der Waals surface area contributed by atoms with Crippen LogP contribution in [0.4, 0.5) is 5.69 Å². The van der Waals surface area contributed by atoms with Crippen molar-refractivity contribution in [3.8, 4) is 0 Å². The summed E-state index contributed by atoms with van der Waals surface area (Å²) in [5.41, 5.74) is 7.26. The van der Waals surface area contributed by atoms with Crippen LogP contribution in [0.25, 0.3) is 0 Å². The van der Waals surface area contributed by atoms with Gasteiger partial charge in [0.25, 0.3) is 0 Å². The van der Waals surface area contributed by atoms with Crippen LogP contribution in [-0.4, -0.2) is 57.4 Å². The van der Waals surface area contributed by atoms with E-state index < -0.39 is 23.3 Å². The van der Waals surface area contributed by atoms with Crippen LogP contribution in [0.1, 0.15) is 12.8 Å². The van der Waals surface area contributed by atoms with Crippen molar-refractivity contribution in [1.29, 1.82) is 0 Å². The standard InChI is InChI=1S/C20H20N4O5S/c21-15-18(27)24-16(20(28)29)13(9-30-19(15)24)12(11-6-7-22-17(11)26)8-14(25)23-10-4-2-1-3-5-10/h1-5,15,19H,6-9,21H2,(H,22,26)(H,23,25)(H,28,29)/t15-,19-/m1/s1. The molecule has 2 atom stereocenters. The van der Waals surface area contributed by atoms with Gasteiger partial charge < -0.3 is 21.5 Å². The van der Waals surface area contributed by atoms with Gasteiger partial charge in [-0.3, -0.25) is 19.3 Å². The number of thioether (sulfide) groups is 1. The highest BCUT2D eigenvalue weighted by Crippen LogP contribution is 2.43. The van der Waals surface area contributed by atoms with Gasteiger partial charge in [0, 0.05) is 23.6 Å². The fourth-order valence-electron chi connectivity index (χ4n) is 3.84. The number of nitrogens with one attached hydrogen (secondary N) is 2. The summed E-state index contributed by atoms with van der Waals surface area (Å²) in [5, 5.41) is 14.8. The van der Waals surface area contributed by atoms with E-state index in [1.165, 1.54) is 16.7 Å². The van der Waals surface area contributed by atoms with Crippen molar-refractivity contribution < 1.29 is 24.3 Å². The molecule has 3 heterocycles. The zero-order chi connectivity index (χ0) is 21.4. The molecule has 0 unspecified atom stereocenters. The number of carboxylic acid groups (broad SMARTS) is 1. The number of hydrogen-bond donors (Lipinski definition) is 4. The van der Waals surface area contributed by atoms with E-state index in [9.17, 15) is 24.3 Å². The van der Waals surface area contributed by atoms with Crippen molar-refractivity contribution >= 4 is 41.1 Å². The highest BCUT2D eigenvalue weighted by molar-refractivity contribution is 8.00. The summed E-state index contributed by atoms with van der Waals surface area (Å²) in [4.78, 5) is 50.6. The number of nitrogens with two attached hydrogens (primary N) is 1. The number of rotatable bonds is 5. The zero-order valence-electron chi connectivity index (χ0n) is 15.9. The smallest absolute Gasteiger partial charge is 0.352 e. The van der Waals surface area contributed by atoms with Crippen molar-refractivity contribution in [1.82, 2.24) is 10.2 Å². The van der Waals surface area contributed by atoms with Gasteiger partial charge >= 0.3 is 5.97 Å². The molecule has 0 aromatic heterocycles. The van der Waals surface area contributed by atoms with E-state index in [1.54, 1.807) is 24.3 Å². The van der Waals surface area contributed by atoms with Gasteiger partial charge in [-0.2, -0.15) is 0 Å². The minimum atomic E-state index is -1.28. The number of benzene rings is 1. The number of nitrogens with zero attached hydrogens (tertiary/aromatic N) is 1. The Balaban J connectivity index is 1.73. The summed E-state index contributed by atoms with van der Waals surface area (Å²) >= 11 is 1.33. The normalized spacial score (nSPS) is 24.8. The van der Waals surface area contributed by atoms with Crippen molar-refractivity contribution in [2.24, 2.45) is 5.73 Å². The number of carbonyl (C=O) groups is 4. The van der Waals surface area contributed by atoms with Crippen LogP contribution >= 0.6 is 11.8 Å². The summed E-state index contributed by atoms with van der Waals surface area (Å²) < 4.78 is 0. The molecule has 0 radical (unpaired) electrons. The molecule has 3 aliphatic heterocycles. The lowest BCUT2D eigenvalue weighted by molar-refractivity contribution is -0.147. The number of amides is 3. The van der Waals surface area contributed by atoms with Crippen molar-refractivity contribution in [2.45, 2.75) is 24.3 Å². The molecule has 30 heavy (non-hydrogen) atoms. The number of fused-ring (bicyclic) bond motifs is 1. The summed E-state index contributed by atoms with van der Waals surface area (Å²) in [6.45, 7) is 0.414. The average Bonchev–Trinajstić information content (AvgIpc) is 3.16. The number of hydrogen-bond acceptors (Lipinski definition) is 6. The largest absolute Gasteiger partial charge is 0.477 e. The highest BCUT2D eigenvalue weighted by atomic mass is 32.2. The topological polar surface area (TPSA) is 142 Å².